The lowest BCUT2D eigenvalue weighted by molar-refractivity contribution is 0.152. The molecule has 1 atom stereocenters. The van der Waals surface area contributed by atoms with Crippen molar-refractivity contribution in [2.45, 2.75) is 32.7 Å². The molecule has 0 amide bonds. The van der Waals surface area contributed by atoms with Crippen LogP contribution >= 0.6 is 0 Å². The molecule has 130 valence electrons. The third-order valence-corrected chi connectivity index (χ3v) is 4.67. The van der Waals surface area contributed by atoms with Gasteiger partial charge in [0, 0.05) is 44.6 Å². The van der Waals surface area contributed by atoms with Crippen LogP contribution < -0.4 is 4.74 Å². The number of pyridine rings is 1. The number of aromatic nitrogens is 5. The molecule has 0 aromatic carbocycles. The van der Waals surface area contributed by atoms with Crippen LogP contribution in [0.5, 0.6) is 5.75 Å². The van der Waals surface area contributed by atoms with Crippen LogP contribution in [-0.2, 0) is 26.7 Å². The molecule has 0 saturated heterocycles. The number of hydrogen-bond donors (Lipinski definition) is 0. The molecule has 7 nitrogen and oxygen atoms in total. The van der Waals surface area contributed by atoms with Crippen molar-refractivity contribution in [3.8, 4) is 5.75 Å². The Labute approximate surface area is 146 Å². The van der Waals surface area contributed by atoms with E-state index in [1.165, 1.54) is 5.56 Å². The van der Waals surface area contributed by atoms with Gasteiger partial charge in [0.05, 0.1) is 30.3 Å². The third kappa shape index (κ3) is 3.28. The molecule has 4 heterocycles. The van der Waals surface area contributed by atoms with Gasteiger partial charge in [-0.15, -0.1) is 0 Å². The van der Waals surface area contributed by atoms with Crippen LogP contribution in [-0.4, -0.2) is 35.8 Å². The highest BCUT2D eigenvalue weighted by Crippen LogP contribution is 2.27. The molecular weight excluding hydrogens is 316 g/mol. The van der Waals surface area contributed by atoms with Gasteiger partial charge in [-0.1, -0.05) is 0 Å². The van der Waals surface area contributed by atoms with Crippen molar-refractivity contribution in [3.05, 3.63) is 60.2 Å². The minimum Gasteiger partial charge on any atom is -0.486 e. The highest BCUT2D eigenvalue weighted by atomic mass is 16.5. The predicted octanol–water partition coefficient (Wildman–Crippen LogP) is 2.17. The minimum absolute atomic E-state index is 0.265. The maximum atomic E-state index is 5.83. The Balaban J connectivity index is 1.45. The highest BCUT2D eigenvalue weighted by molar-refractivity contribution is 5.17. The van der Waals surface area contributed by atoms with Crippen LogP contribution in [0.4, 0.5) is 0 Å². The molecule has 0 saturated carbocycles. The monoisotopic (exact) mass is 338 g/mol. The molecule has 25 heavy (non-hydrogen) atoms. The Morgan fingerprint density at radius 3 is 2.92 bits per heavy atom. The Kier molecular flexibility index (Phi) is 4.23. The van der Waals surface area contributed by atoms with Gasteiger partial charge < -0.3 is 9.30 Å². The molecule has 0 radical (unpaired) electrons. The highest BCUT2D eigenvalue weighted by Gasteiger charge is 2.27. The zero-order chi connectivity index (χ0) is 17.2. The van der Waals surface area contributed by atoms with E-state index in [1.54, 1.807) is 12.4 Å². The van der Waals surface area contributed by atoms with Crippen LogP contribution in [0.1, 0.15) is 30.0 Å². The molecule has 0 bridgehead atoms. The topological polar surface area (TPSA) is 61.0 Å². The molecule has 3 aromatic heterocycles. The second kappa shape index (κ2) is 6.68. The number of imidazole rings is 1. The maximum Gasteiger partial charge on any atom is 0.138 e. The van der Waals surface area contributed by atoms with E-state index in [9.17, 15) is 0 Å². The van der Waals surface area contributed by atoms with E-state index in [0.29, 0.717) is 6.61 Å². The summed E-state index contributed by atoms with van der Waals surface area (Å²) in [6.45, 7) is 5.52. The third-order valence-electron chi connectivity index (χ3n) is 4.67. The molecule has 0 fully saturated rings. The molecule has 4 rings (SSSR count). The summed E-state index contributed by atoms with van der Waals surface area (Å²) in [6.07, 6.45) is 9.40. The zero-order valence-electron chi connectivity index (χ0n) is 14.5. The van der Waals surface area contributed by atoms with E-state index in [2.05, 4.69) is 37.7 Å². The van der Waals surface area contributed by atoms with Crippen LogP contribution in [0.15, 0.2) is 43.1 Å². The van der Waals surface area contributed by atoms with E-state index >= 15 is 0 Å². The zero-order valence-corrected chi connectivity index (χ0v) is 14.5. The van der Waals surface area contributed by atoms with Crippen molar-refractivity contribution in [1.29, 1.82) is 0 Å². The molecule has 3 aromatic rings. The van der Waals surface area contributed by atoms with E-state index in [4.69, 9.17) is 4.74 Å². The first-order chi connectivity index (χ1) is 12.2. The van der Waals surface area contributed by atoms with Gasteiger partial charge in [-0.25, -0.2) is 4.98 Å². The molecule has 0 aliphatic carbocycles. The van der Waals surface area contributed by atoms with Crippen molar-refractivity contribution < 1.29 is 4.74 Å². The van der Waals surface area contributed by atoms with Gasteiger partial charge in [-0.05, 0) is 19.1 Å². The standard InChI is InChI=1S/C18H22N6O/c1-14-18-20-9-16(13-25-17-4-3-5-19-10-17)24(18)7-6-23(14)12-15-8-21-22(2)11-15/h3-5,8-11,14H,6-7,12-13H2,1-2H3/t14-/m0/s1. The molecule has 7 heteroatoms. The number of nitrogens with zero attached hydrogens (tertiary/aromatic N) is 6. The van der Waals surface area contributed by atoms with Gasteiger partial charge in [0.15, 0.2) is 0 Å². The SMILES string of the molecule is C[C@H]1c2ncc(COc3cccnc3)n2CCN1Cc1cnn(C)c1. The van der Waals surface area contributed by atoms with Crippen LogP contribution in [0.2, 0.25) is 0 Å². The first-order valence-corrected chi connectivity index (χ1v) is 8.49. The predicted molar refractivity (Wildman–Crippen MR) is 92.8 cm³/mol. The quantitative estimate of drug-likeness (QED) is 0.713. The van der Waals surface area contributed by atoms with Gasteiger partial charge in [0.1, 0.15) is 18.2 Å². The van der Waals surface area contributed by atoms with Crippen LogP contribution in [0.3, 0.4) is 0 Å². The summed E-state index contributed by atoms with van der Waals surface area (Å²) in [7, 11) is 1.95. The number of ether oxygens (including phenoxy) is 1. The smallest absolute Gasteiger partial charge is 0.138 e. The Morgan fingerprint density at radius 2 is 2.16 bits per heavy atom. The van der Waals surface area contributed by atoms with Gasteiger partial charge >= 0.3 is 0 Å². The van der Waals surface area contributed by atoms with Crippen LogP contribution in [0.25, 0.3) is 0 Å². The second-order valence-corrected chi connectivity index (χ2v) is 6.41. The average Bonchev–Trinajstić information content (AvgIpc) is 3.23. The fourth-order valence-corrected chi connectivity index (χ4v) is 3.31. The van der Waals surface area contributed by atoms with Gasteiger partial charge in [-0.3, -0.25) is 14.6 Å². The first kappa shape index (κ1) is 15.8. The van der Waals surface area contributed by atoms with Crippen molar-refractivity contribution in [1.82, 2.24) is 29.2 Å². The first-order valence-electron chi connectivity index (χ1n) is 8.49. The van der Waals surface area contributed by atoms with E-state index < -0.39 is 0 Å². The van der Waals surface area contributed by atoms with Crippen molar-refractivity contribution in [2.75, 3.05) is 6.54 Å². The lowest BCUT2D eigenvalue weighted by atomic mass is 10.2. The Morgan fingerprint density at radius 1 is 1.24 bits per heavy atom. The van der Waals surface area contributed by atoms with E-state index in [0.717, 1.165) is 36.9 Å². The molecule has 0 N–H and O–H groups in total. The Hall–Kier alpha value is -2.67. The molecule has 0 unspecified atom stereocenters. The average molecular weight is 338 g/mol. The number of fused-ring (bicyclic) bond motifs is 1. The largest absolute Gasteiger partial charge is 0.486 e. The summed E-state index contributed by atoms with van der Waals surface area (Å²) in [5.41, 5.74) is 2.33. The fraction of sp³-hybridized carbons (Fsp3) is 0.389. The number of hydrogen-bond acceptors (Lipinski definition) is 5. The van der Waals surface area contributed by atoms with E-state index in [-0.39, 0.29) is 6.04 Å². The minimum atomic E-state index is 0.265. The Bertz CT molecular complexity index is 840. The molecule has 1 aliphatic rings. The van der Waals surface area contributed by atoms with Crippen LogP contribution in [0, 0.1) is 0 Å². The lowest BCUT2D eigenvalue weighted by Crippen LogP contribution is -2.37. The molecule has 1 aliphatic heterocycles. The summed E-state index contributed by atoms with van der Waals surface area (Å²) >= 11 is 0. The van der Waals surface area contributed by atoms with Crippen molar-refractivity contribution in [3.63, 3.8) is 0 Å². The summed E-state index contributed by atoms with van der Waals surface area (Å²) < 4.78 is 9.95. The summed E-state index contributed by atoms with van der Waals surface area (Å²) in [4.78, 5) is 11.2. The normalized spacial score (nSPS) is 17.4. The van der Waals surface area contributed by atoms with Gasteiger partial charge in [-0.2, -0.15) is 5.10 Å². The summed E-state index contributed by atoms with van der Waals surface area (Å²) in [5.74, 6) is 1.88. The molecule has 0 spiro atoms. The number of rotatable bonds is 5. The van der Waals surface area contributed by atoms with Crippen molar-refractivity contribution in [2.24, 2.45) is 7.05 Å². The summed E-state index contributed by atoms with van der Waals surface area (Å²) in [5, 5.41) is 4.26. The molecular formula is C18H22N6O. The van der Waals surface area contributed by atoms with E-state index in [1.807, 2.05) is 36.3 Å². The van der Waals surface area contributed by atoms with Gasteiger partial charge in [0.2, 0.25) is 0 Å². The van der Waals surface area contributed by atoms with Gasteiger partial charge in [0.25, 0.3) is 0 Å². The number of aryl methyl sites for hydroxylation is 1. The maximum absolute atomic E-state index is 5.83. The van der Waals surface area contributed by atoms with Crippen molar-refractivity contribution >= 4 is 0 Å². The fourth-order valence-electron chi connectivity index (χ4n) is 3.31. The summed E-state index contributed by atoms with van der Waals surface area (Å²) in [6, 6.07) is 4.05. The lowest BCUT2D eigenvalue weighted by Gasteiger charge is -2.34. The second-order valence-electron chi connectivity index (χ2n) is 6.41.